The normalized spacial score (nSPS) is 10.4. The zero-order chi connectivity index (χ0) is 19.4. The molecule has 0 radical (unpaired) electrons. The van der Waals surface area contributed by atoms with Gasteiger partial charge >= 0.3 is 0 Å². The minimum Gasteiger partial charge on any atom is -0.489 e. The first-order valence-corrected chi connectivity index (χ1v) is 8.89. The van der Waals surface area contributed by atoms with E-state index in [2.05, 4.69) is 5.32 Å². The third-order valence-electron chi connectivity index (χ3n) is 3.51. The number of carbonyl (C=O) groups excluding carboxylic acids is 1. The zero-order valence-electron chi connectivity index (χ0n) is 13.6. The Hall–Kier alpha value is -2.97. The molecule has 0 saturated carbocycles. The maximum absolute atomic E-state index is 13.2. The second-order valence-corrected chi connectivity index (χ2v) is 6.76. The molecule has 0 unspecified atom stereocenters. The second kappa shape index (κ2) is 8.15. The molecule has 1 heterocycles. The third-order valence-corrected chi connectivity index (χ3v) is 4.78. The van der Waals surface area contributed by atoms with Gasteiger partial charge in [0.1, 0.15) is 18.2 Å². The lowest BCUT2D eigenvalue weighted by Gasteiger charge is -2.05. The molecule has 1 N–H and O–H groups in total. The Labute approximate surface area is 162 Å². The van der Waals surface area contributed by atoms with E-state index in [9.17, 15) is 19.3 Å². The Morgan fingerprint density at radius 3 is 2.63 bits per heavy atom. The van der Waals surface area contributed by atoms with Crippen molar-refractivity contribution in [2.45, 2.75) is 6.61 Å². The van der Waals surface area contributed by atoms with Gasteiger partial charge in [-0.2, -0.15) is 0 Å². The fourth-order valence-electron chi connectivity index (χ4n) is 2.17. The molecule has 3 rings (SSSR count). The zero-order valence-corrected chi connectivity index (χ0v) is 15.2. The molecule has 2 aromatic carbocycles. The van der Waals surface area contributed by atoms with Gasteiger partial charge in [-0.25, -0.2) is 4.39 Å². The fourth-order valence-corrected chi connectivity index (χ4v) is 3.14. The number of anilines is 1. The summed E-state index contributed by atoms with van der Waals surface area (Å²) in [5, 5.41) is 15.0. The van der Waals surface area contributed by atoms with Crippen molar-refractivity contribution >= 4 is 40.2 Å². The molecule has 0 aliphatic heterocycles. The van der Waals surface area contributed by atoms with Crippen LogP contribution in [0.25, 0.3) is 0 Å². The van der Waals surface area contributed by atoms with Crippen molar-refractivity contribution in [3.05, 3.63) is 85.3 Å². The molecule has 0 aliphatic carbocycles. The van der Waals surface area contributed by atoms with Gasteiger partial charge in [0.25, 0.3) is 11.6 Å². The van der Waals surface area contributed by atoms with Crippen molar-refractivity contribution in [3.63, 3.8) is 0 Å². The standard InChI is InChI=1S/C18H12ClFN2O4S/c19-15-8-12(1-6-16(15)20)21-18(23)17-7-11(10-27-17)9-26-14-4-2-13(3-5-14)22(24)25/h1-8,10H,9H2,(H,21,23). The number of nitrogens with zero attached hydrogens (tertiary/aromatic N) is 1. The van der Waals surface area contributed by atoms with Gasteiger partial charge in [-0.1, -0.05) is 11.6 Å². The van der Waals surface area contributed by atoms with Gasteiger partial charge < -0.3 is 10.1 Å². The third kappa shape index (κ3) is 4.81. The maximum Gasteiger partial charge on any atom is 0.269 e. The molecule has 9 heteroatoms. The number of non-ortho nitro benzene ring substituents is 1. The number of ether oxygens (including phenoxy) is 1. The van der Waals surface area contributed by atoms with Crippen LogP contribution in [0.5, 0.6) is 5.75 Å². The monoisotopic (exact) mass is 406 g/mol. The van der Waals surface area contributed by atoms with Crippen LogP contribution in [0.1, 0.15) is 15.2 Å². The molecular formula is C18H12ClFN2O4S. The van der Waals surface area contributed by atoms with Crippen LogP contribution >= 0.6 is 22.9 Å². The van der Waals surface area contributed by atoms with Crippen molar-refractivity contribution in [2.75, 3.05) is 5.32 Å². The van der Waals surface area contributed by atoms with Gasteiger partial charge in [-0.15, -0.1) is 11.3 Å². The van der Waals surface area contributed by atoms with E-state index in [4.69, 9.17) is 16.3 Å². The highest BCUT2D eigenvalue weighted by Gasteiger charge is 2.11. The largest absolute Gasteiger partial charge is 0.489 e. The lowest BCUT2D eigenvalue weighted by atomic mass is 10.3. The Morgan fingerprint density at radius 1 is 1.22 bits per heavy atom. The number of hydrogen-bond donors (Lipinski definition) is 1. The Kier molecular flexibility index (Phi) is 5.68. The number of halogens is 2. The number of rotatable bonds is 6. The average Bonchev–Trinajstić information content (AvgIpc) is 3.12. The molecule has 0 bridgehead atoms. The highest BCUT2D eigenvalue weighted by molar-refractivity contribution is 7.12. The van der Waals surface area contributed by atoms with Crippen LogP contribution in [0, 0.1) is 15.9 Å². The van der Waals surface area contributed by atoms with Crippen molar-refractivity contribution in [1.29, 1.82) is 0 Å². The van der Waals surface area contributed by atoms with Crippen LogP contribution in [0.4, 0.5) is 15.8 Å². The first-order chi connectivity index (χ1) is 12.9. The molecule has 6 nitrogen and oxygen atoms in total. The van der Waals surface area contributed by atoms with Gasteiger partial charge in [-0.3, -0.25) is 14.9 Å². The number of amides is 1. The molecular weight excluding hydrogens is 395 g/mol. The second-order valence-electron chi connectivity index (χ2n) is 5.44. The minimum atomic E-state index is -0.559. The van der Waals surface area contributed by atoms with E-state index in [1.54, 1.807) is 11.4 Å². The van der Waals surface area contributed by atoms with E-state index in [1.807, 2.05) is 0 Å². The van der Waals surface area contributed by atoms with E-state index in [0.717, 1.165) is 5.56 Å². The van der Waals surface area contributed by atoms with Crippen molar-refractivity contribution in [3.8, 4) is 5.75 Å². The summed E-state index contributed by atoms with van der Waals surface area (Å²) < 4.78 is 18.7. The average molecular weight is 407 g/mol. The first-order valence-electron chi connectivity index (χ1n) is 7.63. The van der Waals surface area contributed by atoms with Gasteiger partial charge in [0.15, 0.2) is 0 Å². The minimum absolute atomic E-state index is 0.0160. The molecule has 0 aliphatic rings. The number of nitro benzene ring substituents is 1. The van der Waals surface area contributed by atoms with Gasteiger partial charge in [0.05, 0.1) is 14.8 Å². The summed E-state index contributed by atoms with van der Waals surface area (Å²) in [6.07, 6.45) is 0. The molecule has 3 aromatic rings. The molecule has 0 fully saturated rings. The van der Waals surface area contributed by atoms with Crippen LogP contribution in [-0.2, 0) is 6.61 Å². The molecule has 0 atom stereocenters. The predicted molar refractivity (Wildman–Crippen MR) is 101 cm³/mol. The summed E-state index contributed by atoms with van der Waals surface area (Å²) >= 11 is 6.93. The Morgan fingerprint density at radius 2 is 1.96 bits per heavy atom. The van der Waals surface area contributed by atoms with Crippen molar-refractivity contribution < 1.29 is 18.8 Å². The highest BCUT2D eigenvalue weighted by Crippen LogP contribution is 2.23. The van der Waals surface area contributed by atoms with Gasteiger partial charge in [0, 0.05) is 23.4 Å². The van der Waals surface area contributed by atoms with Crippen LogP contribution in [0.3, 0.4) is 0 Å². The maximum atomic E-state index is 13.2. The Bertz CT molecular complexity index is 991. The van der Waals surface area contributed by atoms with E-state index >= 15 is 0 Å². The van der Waals surface area contributed by atoms with Gasteiger partial charge in [0.2, 0.25) is 0 Å². The lowest BCUT2D eigenvalue weighted by molar-refractivity contribution is -0.384. The van der Waals surface area contributed by atoms with E-state index in [0.29, 0.717) is 16.3 Å². The number of benzene rings is 2. The SMILES string of the molecule is O=C(Nc1ccc(F)c(Cl)c1)c1cc(COc2ccc([N+](=O)[O-])cc2)cs1. The van der Waals surface area contributed by atoms with Crippen LogP contribution < -0.4 is 10.1 Å². The molecule has 0 saturated heterocycles. The van der Waals surface area contributed by atoms with E-state index in [-0.39, 0.29) is 23.2 Å². The smallest absolute Gasteiger partial charge is 0.269 e. The highest BCUT2D eigenvalue weighted by atomic mass is 35.5. The predicted octanol–water partition coefficient (Wildman–Crippen LogP) is 5.28. The number of carbonyl (C=O) groups is 1. The number of thiophene rings is 1. The molecule has 1 amide bonds. The quantitative estimate of drug-likeness (QED) is 0.446. The molecule has 0 spiro atoms. The van der Waals surface area contributed by atoms with Crippen LogP contribution in [0.2, 0.25) is 5.02 Å². The van der Waals surface area contributed by atoms with E-state index < -0.39 is 10.7 Å². The fraction of sp³-hybridized carbons (Fsp3) is 0.0556. The van der Waals surface area contributed by atoms with Crippen molar-refractivity contribution in [2.24, 2.45) is 0 Å². The summed E-state index contributed by atoms with van der Waals surface area (Å²) in [4.78, 5) is 22.9. The summed E-state index contributed by atoms with van der Waals surface area (Å²) in [6.45, 7) is 0.212. The van der Waals surface area contributed by atoms with Crippen LogP contribution in [-0.4, -0.2) is 10.8 Å². The van der Waals surface area contributed by atoms with Gasteiger partial charge in [-0.05, 0) is 41.8 Å². The number of hydrogen-bond acceptors (Lipinski definition) is 5. The number of nitro groups is 1. The topological polar surface area (TPSA) is 81.5 Å². The Balaban J connectivity index is 1.59. The summed E-state index contributed by atoms with van der Waals surface area (Å²) in [6, 6.07) is 11.3. The summed E-state index contributed by atoms with van der Waals surface area (Å²) in [7, 11) is 0. The lowest BCUT2D eigenvalue weighted by Crippen LogP contribution is -2.10. The molecule has 1 aromatic heterocycles. The number of nitrogens with one attached hydrogen (secondary N) is 1. The van der Waals surface area contributed by atoms with Crippen LogP contribution in [0.15, 0.2) is 53.9 Å². The molecule has 27 heavy (non-hydrogen) atoms. The first kappa shape index (κ1) is 18.8. The summed E-state index contributed by atoms with van der Waals surface area (Å²) in [5.41, 5.74) is 1.15. The van der Waals surface area contributed by atoms with E-state index in [1.165, 1.54) is 53.8 Å². The molecule has 138 valence electrons. The van der Waals surface area contributed by atoms with Crippen molar-refractivity contribution in [1.82, 2.24) is 0 Å². The summed E-state index contributed by atoms with van der Waals surface area (Å²) in [5.74, 6) is -0.417.